The molecule has 174 valence electrons. The van der Waals surface area contributed by atoms with Crippen LogP contribution in [-0.4, -0.2) is 70.7 Å². The topological polar surface area (TPSA) is 67.9 Å². The van der Waals surface area contributed by atoms with Gasteiger partial charge in [-0.25, -0.2) is 13.1 Å². The maximum absolute atomic E-state index is 11.9. The number of likely N-dealkylation sites (tertiary alicyclic amines) is 1. The third kappa shape index (κ3) is 6.29. The Morgan fingerprint density at radius 1 is 1.13 bits per heavy atom. The lowest BCUT2D eigenvalue weighted by molar-refractivity contribution is -0.0950. The molecule has 1 N–H and O–H groups in total. The van der Waals surface area contributed by atoms with Crippen LogP contribution in [0.1, 0.15) is 50.5 Å². The minimum absolute atomic E-state index is 0.0984. The van der Waals surface area contributed by atoms with Crippen molar-refractivity contribution < 1.29 is 17.9 Å². The summed E-state index contributed by atoms with van der Waals surface area (Å²) in [6.07, 6.45) is 6.70. The number of hydrogen-bond donors (Lipinski definition) is 1. The van der Waals surface area contributed by atoms with Crippen LogP contribution >= 0.6 is 0 Å². The summed E-state index contributed by atoms with van der Waals surface area (Å²) in [5.74, 6) is 1.80. The molecule has 1 aromatic carbocycles. The van der Waals surface area contributed by atoms with Gasteiger partial charge in [-0.3, -0.25) is 4.90 Å². The fourth-order valence-corrected chi connectivity index (χ4v) is 6.19. The summed E-state index contributed by atoms with van der Waals surface area (Å²) in [7, 11) is -3.25. The highest BCUT2D eigenvalue weighted by Gasteiger charge is 2.37. The quantitative estimate of drug-likeness (QED) is 0.659. The van der Waals surface area contributed by atoms with E-state index in [0.717, 1.165) is 39.3 Å². The lowest BCUT2D eigenvalue weighted by Gasteiger charge is -2.45. The van der Waals surface area contributed by atoms with Crippen LogP contribution in [-0.2, 0) is 19.5 Å². The highest BCUT2D eigenvalue weighted by atomic mass is 32.2. The average molecular weight is 451 g/mol. The molecule has 1 aliphatic carbocycles. The fraction of sp³-hybridized carbons (Fsp3) is 0.750. The Kier molecular flexibility index (Phi) is 7.70. The first-order valence-electron chi connectivity index (χ1n) is 11.8. The van der Waals surface area contributed by atoms with Crippen LogP contribution in [0.3, 0.4) is 0 Å². The second kappa shape index (κ2) is 10.3. The van der Waals surface area contributed by atoms with E-state index in [2.05, 4.69) is 46.9 Å². The molecule has 3 fully saturated rings. The fourth-order valence-electron chi connectivity index (χ4n) is 5.37. The van der Waals surface area contributed by atoms with Crippen molar-refractivity contribution in [3.8, 4) is 0 Å². The molecule has 1 saturated carbocycles. The Bertz CT molecular complexity index is 791. The Morgan fingerprint density at radius 3 is 2.45 bits per heavy atom. The van der Waals surface area contributed by atoms with Gasteiger partial charge < -0.3 is 9.47 Å². The van der Waals surface area contributed by atoms with Crippen molar-refractivity contribution in [1.29, 1.82) is 0 Å². The molecular formula is C24H38N2O4S. The van der Waals surface area contributed by atoms with Crippen molar-refractivity contribution in [1.82, 2.24) is 9.62 Å². The third-order valence-electron chi connectivity index (χ3n) is 7.54. The van der Waals surface area contributed by atoms with Gasteiger partial charge in [0.1, 0.15) is 0 Å². The molecule has 2 aliphatic heterocycles. The molecule has 0 spiro atoms. The summed E-state index contributed by atoms with van der Waals surface area (Å²) in [6, 6.07) is 11.1. The van der Waals surface area contributed by atoms with Gasteiger partial charge in [0.25, 0.3) is 0 Å². The molecule has 4 rings (SSSR count). The van der Waals surface area contributed by atoms with Gasteiger partial charge in [0.2, 0.25) is 10.0 Å². The number of nitrogens with zero attached hydrogens (tertiary/aromatic N) is 1. The van der Waals surface area contributed by atoms with Crippen LogP contribution in [0, 0.1) is 11.8 Å². The summed E-state index contributed by atoms with van der Waals surface area (Å²) < 4.78 is 38.5. The number of sulfonamides is 1. The zero-order valence-electron chi connectivity index (χ0n) is 18.9. The maximum atomic E-state index is 11.9. The number of nitrogens with one attached hydrogen (secondary N) is 1. The predicted molar refractivity (Wildman–Crippen MR) is 123 cm³/mol. The minimum Gasteiger partial charge on any atom is -0.381 e. The van der Waals surface area contributed by atoms with E-state index in [4.69, 9.17) is 9.47 Å². The van der Waals surface area contributed by atoms with Gasteiger partial charge in [-0.1, -0.05) is 30.3 Å². The molecule has 2 heterocycles. The molecule has 0 bridgehead atoms. The van der Waals surface area contributed by atoms with Crippen LogP contribution in [0.15, 0.2) is 30.3 Å². The number of benzene rings is 1. The molecule has 2 saturated heterocycles. The van der Waals surface area contributed by atoms with E-state index in [1.54, 1.807) is 0 Å². The van der Waals surface area contributed by atoms with Crippen molar-refractivity contribution in [2.45, 2.75) is 63.1 Å². The zero-order valence-corrected chi connectivity index (χ0v) is 19.7. The Labute approximate surface area is 187 Å². The third-order valence-corrected chi connectivity index (χ3v) is 8.27. The van der Waals surface area contributed by atoms with Gasteiger partial charge in [0.15, 0.2) is 0 Å². The number of hydrogen-bond acceptors (Lipinski definition) is 5. The molecule has 0 amide bonds. The van der Waals surface area contributed by atoms with Gasteiger partial charge in [-0.05, 0) is 56.4 Å². The lowest BCUT2D eigenvalue weighted by atomic mass is 9.79. The first-order chi connectivity index (χ1) is 14.9. The van der Waals surface area contributed by atoms with Gasteiger partial charge in [-0.15, -0.1) is 0 Å². The first-order valence-corrected chi connectivity index (χ1v) is 13.7. The van der Waals surface area contributed by atoms with Crippen molar-refractivity contribution >= 4 is 10.0 Å². The van der Waals surface area contributed by atoms with E-state index >= 15 is 0 Å². The van der Waals surface area contributed by atoms with Crippen molar-refractivity contribution in [2.75, 3.05) is 39.2 Å². The molecule has 0 unspecified atom stereocenters. The van der Waals surface area contributed by atoms with Crippen molar-refractivity contribution in [3.05, 3.63) is 35.9 Å². The Balaban J connectivity index is 1.31. The van der Waals surface area contributed by atoms with Gasteiger partial charge in [0.05, 0.1) is 31.6 Å². The molecule has 3 aliphatic rings. The van der Waals surface area contributed by atoms with Crippen LogP contribution in [0.2, 0.25) is 0 Å². The van der Waals surface area contributed by atoms with Gasteiger partial charge in [0, 0.05) is 31.7 Å². The molecule has 0 aromatic heterocycles. The molecular weight excluding hydrogens is 412 g/mol. The van der Waals surface area contributed by atoms with Crippen molar-refractivity contribution in [3.63, 3.8) is 0 Å². The minimum atomic E-state index is -3.25. The normalized spacial score (nSPS) is 31.8. The van der Waals surface area contributed by atoms with Crippen LogP contribution in [0.5, 0.6) is 0 Å². The van der Waals surface area contributed by atoms with Crippen LogP contribution < -0.4 is 4.72 Å². The monoisotopic (exact) mass is 450 g/mol. The van der Waals surface area contributed by atoms with E-state index in [1.165, 1.54) is 37.5 Å². The molecule has 0 radical (unpaired) electrons. The smallest absolute Gasteiger partial charge is 0.209 e. The van der Waals surface area contributed by atoms with Crippen molar-refractivity contribution in [2.24, 2.45) is 11.8 Å². The summed E-state index contributed by atoms with van der Waals surface area (Å²) in [4.78, 5) is 2.46. The standard InChI is InChI=1S/C24H38N2O4S/c1-18(22-16-29-17-22)26-13-12-23(25-31(2,27)28)24(14-26)30-15-19-8-10-21(11-9-19)20-6-4-3-5-7-20/h3-7,18-19,21-25H,8-17H2,1-2H3/t18-,19?,21?,23-,24+/m1/s1. The number of piperidine rings is 1. The molecule has 3 atom stereocenters. The lowest BCUT2D eigenvalue weighted by Crippen LogP contribution is -2.59. The van der Waals surface area contributed by atoms with E-state index in [1.807, 2.05) is 0 Å². The maximum Gasteiger partial charge on any atom is 0.209 e. The Morgan fingerprint density at radius 2 is 1.84 bits per heavy atom. The largest absolute Gasteiger partial charge is 0.381 e. The second-order valence-electron chi connectivity index (χ2n) is 9.82. The van der Waals surface area contributed by atoms with Gasteiger partial charge in [-0.2, -0.15) is 0 Å². The summed E-state index contributed by atoms with van der Waals surface area (Å²) in [5, 5.41) is 0. The Hall–Kier alpha value is -0.990. The second-order valence-corrected chi connectivity index (χ2v) is 11.6. The molecule has 7 heteroatoms. The first kappa shape index (κ1) is 23.2. The highest BCUT2D eigenvalue weighted by molar-refractivity contribution is 7.88. The van der Waals surface area contributed by atoms with Gasteiger partial charge >= 0.3 is 0 Å². The summed E-state index contributed by atoms with van der Waals surface area (Å²) >= 11 is 0. The molecule has 31 heavy (non-hydrogen) atoms. The predicted octanol–water partition coefficient (Wildman–Crippen LogP) is 3.00. The van der Waals surface area contributed by atoms with E-state index < -0.39 is 10.0 Å². The SMILES string of the molecule is C[C@H](C1COC1)N1CC[C@@H](NS(C)(=O)=O)[C@@H](OCC2CCC(c3ccccc3)CC2)C1. The summed E-state index contributed by atoms with van der Waals surface area (Å²) in [6.45, 7) is 6.33. The zero-order chi connectivity index (χ0) is 21.8. The molecule has 1 aromatic rings. The number of ether oxygens (including phenoxy) is 2. The number of rotatable bonds is 8. The average Bonchev–Trinajstić information content (AvgIpc) is 2.72. The summed E-state index contributed by atoms with van der Waals surface area (Å²) in [5.41, 5.74) is 1.45. The van der Waals surface area contributed by atoms with Crippen LogP contribution in [0.4, 0.5) is 0 Å². The van der Waals surface area contributed by atoms with E-state index in [0.29, 0.717) is 23.8 Å². The highest BCUT2D eigenvalue weighted by Crippen LogP contribution is 2.36. The van der Waals surface area contributed by atoms with Crippen LogP contribution in [0.25, 0.3) is 0 Å². The van der Waals surface area contributed by atoms with E-state index in [9.17, 15) is 8.42 Å². The van der Waals surface area contributed by atoms with E-state index in [-0.39, 0.29) is 12.1 Å². The molecule has 6 nitrogen and oxygen atoms in total.